The van der Waals surface area contributed by atoms with Crippen molar-refractivity contribution in [3.63, 3.8) is 0 Å². The van der Waals surface area contributed by atoms with Gasteiger partial charge in [-0.15, -0.1) is 10.2 Å². The molecule has 7 nitrogen and oxygen atoms in total. The van der Waals surface area contributed by atoms with Crippen LogP contribution in [0, 0.1) is 5.92 Å². The number of amides is 1. The van der Waals surface area contributed by atoms with Gasteiger partial charge in [0.1, 0.15) is 11.5 Å². The van der Waals surface area contributed by atoms with Crippen molar-refractivity contribution in [1.29, 1.82) is 0 Å². The summed E-state index contributed by atoms with van der Waals surface area (Å²) in [6, 6.07) is 8.91. The van der Waals surface area contributed by atoms with Crippen LogP contribution in [0.15, 0.2) is 30.3 Å². The van der Waals surface area contributed by atoms with E-state index >= 15 is 0 Å². The van der Waals surface area contributed by atoms with Crippen LogP contribution in [0.3, 0.4) is 0 Å². The van der Waals surface area contributed by atoms with E-state index in [-0.39, 0.29) is 17.9 Å². The van der Waals surface area contributed by atoms with Crippen molar-refractivity contribution in [2.75, 3.05) is 32.2 Å². The van der Waals surface area contributed by atoms with Gasteiger partial charge >= 0.3 is 0 Å². The largest absolute Gasteiger partial charge is 0.497 e. The summed E-state index contributed by atoms with van der Waals surface area (Å²) in [5.41, 5.74) is 0.881. The highest BCUT2D eigenvalue weighted by Gasteiger charge is 2.28. The fourth-order valence-corrected chi connectivity index (χ4v) is 3.56. The van der Waals surface area contributed by atoms with E-state index in [0.29, 0.717) is 11.7 Å². The first kappa shape index (κ1) is 20.2. The summed E-state index contributed by atoms with van der Waals surface area (Å²) in [7, 11) is 3.23. The molecule has 0 radical (unpaired) electrons. The summed E-state index contributed by atoms with van der Waals surface area (Å²) in [4.78, 5) is 15.0. The molecule has 1 saturated heterocycles. The quantitative estimate of drug-likeness (QED) is 0.796. The molecule has 2 atom stereocenters. The van der Waals surface area contributed by atoms with Crippen LogP contribution in [-0.4, -0.2) is 43.4 Å². The fraction of sp³-hybridized carbons (Fsp3) is 0.450. The second kappa shape index (κ2) is 9.10. The second-order valence-electron chi connectivity index (χ2n) is 6.84. The maximum Gasteiger partial charge on any atom is 0.225 e. The molecule has 2 aromatic rings. The molecule has 1 aromatic carbocycles. The van der Waals surface area contributed by atoms with Gasteiger partial charge in [-0.25, -0.2) is 0 Å². The first-order valence-corrected chi connectivity index (χ1v) is 9.66. The predicted molar refractivity (Wildman–Crippen MR) is 108 cm³/mol. The number of nitrogens with zero attached hydrogens (tertiary/aromatic N) is 3. The lowest BCUT2D eigenvalue weighted by Crippen LogP contribution is -2.44. The number of anilines is 1. The number of ether oxygens (including phenoxy) is 2. The van der Waals surface area contributed by atoms with Gasteiger partial charge in [0.15, 0.2) is 11.0 Å². The lowest BCUT2D eigenvalue weighted by atomic mass is 9.96. The van der Waals surface area contributed by atoms with Crippen LogP contribution in [-0.2, 0) is 4.79 Å². The molecule has 0 spiro atoms. The van der Waals surface area contributed by atoms with Crippen molar-refractivity contribution < 1.29 is 14.3 Å². The minimum atomic E-state index is -0.205. The average molecular weight is 405 g/mol. The molecule has 2 heterocycles. The second-order valence-corrected chi connectivity index (χ2v) is 7.22. The molecule has 1 aliphatic rings. The molecule has 0 unspecified atom stereocenters. The number of halogens is 1. The van der Waals surface area contributed by atoms with Gasteiger partial charge in [-0.2, -0.15) is 0 Å². The van der Waals surface area contributed by atoms with E-state index in [9.17, 15) is 4.79 Å². The molecular weight excluding hydrogens is 380 g/mol. The average Bonchev–Trinajstić information content (AvgIpc) is 2.73. The van der Waals surface area contributed by atoms with Crippen LogP contribution < -0.4 is 19.7 Å². The molecular formula is C20H25ClN4O3. The summed E-state index contributed by atoms with van der Waals surface area (Å²) in [5.74, 6) is 2.08. The van der Waals surface area contributed by atoms with E-state index in [2.05, 4.69) is 20.4 Å². The normalized spacial score (nSPS) is 17.7. The minimum Gasteiger partial charge on any atom is -0.497 e. The zero-order valence-corrected chi connectivity index (χ0v) is 17.1. The molecule has 1 aliphatic heterocycles. The zero-order valence-electron chi connectivity index (χ0n) is 16.3. The summed E-state index contributed by atoms with van der Waals surface area (Å²) in [6.45, 7) is 3.39. The Bertz CT molecular complexity index is 816. The Hall–Kier alpha value is -2.54. The smallest absolute Gasteiger partial charge is 0.225 e. The topological polar surface area (TPSA) is 76.6 Å². The molecule has 1 amide bonds. The van der Waals surface area contributed by atoms with Gasteiger partial charge < -0.3 is 19.7 Å². The Morgan fingerprint density at radius 2 is 2.07 bits per heavy atom. The van der Waals surface area contributed by atoms with Crippen LogP contribution >= 0.6 is 11.6 Å². The standard InChI is InChI=1S/C20H25ClN4O3/c1-13(16-11-15(27-2)6-7-17(16)28-3)22-20(26)14-5-4-10-25(12-14)19-9-8-18(21)23-24-19/h6-9,11,13-14H,4-5,10,12H2,1-3H3,(H,22,26)/t13-,14+/m0/s1. The van der Waals surface area contributed by atoms with Crippen molar-refractivity contribution in [1.82, 2.24) is 15.5 Å². The minimum absolute atomic E-state index is 0.0176. The van der Waals surface area contributed by atoms with Crippen LogP contribution in [0.4, 0.5) is 5.82 Å². The third-order valence-electron chi connectivity index (χ3n) is 5.00. The molecule has 3 rings (SSSR count). The van der Waals surface area contributed by atoms with Gasteiger partial charge in [-0.05, 0) is 50.1 Å². The zero-order chi connectivity index (χ0) is 20.1. The van der Waals surface area contributed by atoms with Crippen molar-refractivity contribution in [2.24, 2.45) is 5.92 Å². The van der Waals surface area contributed by atoms with Gasteiger partial charge in [-0.1, -0.05) is 11.6 Å². The van der Waals surface area contributed by atoms with Crippen molar-refractivity contribution >= 4 is 23.3 Å². The van der Waals surface area contributed by atoms with E-state index in [1.54, 1.807) is 20.3 Å². The predicted octanol–water partition coefficient (Wildman–Crippen LogP) is 3.24. The molecule has 0 bridgehead atoms. The highest BCUT2D eigenvalue weighted by atomic mass is 35.5. The molecule has 1 N–H and O–H groups in total. The molecule has 1 aromatic heterocycles. The number of aromatic nitrogens is 2. The first-order valence-electron chi connectivity index (χ1n) is 9.28. The number of rotatable bonds is 6. The van der Waals surface area contributed by atoms with Gasteiger partial charge in [0, 0.05) is 18.7 Å². The number of methoxy groups -OCH3 is 2. The van der Waals surface area contributed by atoms with Crippen LogP contribution in [0.1, 0.15) is 31.4 Å². The Morgan fingerprint density at radius 1 is 1.25 bits per heavy atom. The number of hydrogen-bond donors (Lipinski definition) is 1. The highest BCUT2D eigenvalue weighted by molar-refractivity contribution is 6.29. The van der Waals surface area contributed by atoms with Gasteiger partial charge in [0.2, 0.25) is 5.91 Å². The number of carbonyl (C=O) groups is 1. The lowest BCUT2D eigenvalue weighted by molar-refractivity contribution is -0.125. The third-order valence-corrected chi connectivity index (χ3v) is 5.20. The summed E-state index contributed by atoms with van der Waals surface area (Å²) in [5, 5.41) is 11.5. The molecule has 0 saturated carbocycles. The van der Waals surface area contributed by atoms with Gasteiger partial charge in [-0.3, -0.25) is 4.79 Å². The van der Waals surface area contributed by atoms with Crippen molar-refractivity contribution in [3.05, 3.63) is 41.0 Å². The van der Waals surface area contributed by atoms with Crippen molar-refractivity contribution in [3.8, 4) is 11.5 Å². The van der Waals surface area contributed by atoms with Crippen LogP contribution in [0.25, 0.3) is 0 Å². The van der Waals surface area contributed by atoms with Crippen LogP contribution in [0.2, 0.25) is 5.15 Å². The Kier molecular flexibility index (Phi) is 6.57. The number of benzene rings is 1. The number of hydrogen-bond acceptors (Lipinski definition) is 6. The van der Waals surface area contributed by atoms with E-state index in [1.807, 2.05) is 31.2 Å². The molecule has 0 aliphatic carbocycles. The molecule has 8 heteroatoms. The Labute approximate surface area is 170 Å². The molecule has 150 valence electrons. The molecule has 28 heavy (non-hydrogen) atoms. The Morgan fingerprint density at radius 3 is 2.75 bits per heavy atom. The lowest BCUT2D eigenvalue weighted by Gasteiger charge is -2.33. The van der Waals surface area contributed by atoms with E-state index in [4.69, 9.17) is 21.1 Å². The number of nitrogens with one attached hydrogen (secondary N) is 1. The third kappa shape index (κ3) is 4.65. The highest BCUT2D eigenvalue weighted by Crippen LogP contribution is 2.30. The monoisotopic (exact) mass is 404 g/mol. The van der Waals surface area contributed by atoms with Crippen molar-refractivity contribution in [2.45, 2.75) is 25.8 Å². The van der Waals surface area contributed by atoms with Gasteiger partial charge in [0.25, 0.3) is 0 Å². The van der Waals surface area contributed by atoms with Crippen LogP contribution in [0.5, 0.6) is 11.5 Å². The first-order chi connectivity index (χ1) is 13.5. The van der Waals surface area contributed by atoms with E-state index in [0.717, 1.165) is 42.3 Å². The summed E-state index contributed by atoms with van der Waals surface area (Å²) < 4.78 is 10.7. The van der Waals surface area contributed by atoms with E-state index < -0.39 is 0 Å². The summed E-state index contributed by atoms with van der Waals surface area (Å²) >= 11 is 5.82. The Balaban J connectivity index is 1.67. The maximum absolute atomic E-state index is 12.9. The SMILES string of the molecule is COc1ccc(OC)c([C@H](C)NC(=O)[C@@H]2CCCN(c3ccc(Cl)nn3)C2)c1. The number of carbonyl (C=O) groups excluding carboxylic acids is 1. The van der Waals surface area contributed by atoms with E-state index in [1.165, 1.54) is 0 Å². The number of piperidine rings is 1. The maximum atomic E-state index is 12.9. The molecule has 1 fully saturated rings. The fourth-order valence-electron chi connectivity index (χ4n) is 3.46. The van der Waals surface area contributed by atoms with Gasteiger partial charge in [0.05, 0.1) is 26.2 Å². The summed E-state index contributed by atoms with van der Waals surface area (Å²) in [6.07, 6.45) is 1.75.